The fourth-order valence-electron chi connectivity index (χ4n) is 1.78. The van der Waals surface area contributed by atoms with E-state index in [0.717, 1.165) is 19.4 Å². The average Bonchev–Trinajstić information content (AvgIpc) is 2.23. The second-order valence-electron chi connectivity index (χ2n) is 6.06. The molecule has 108 valence electrons. The van der Waals surface area contributed by atoms with E-state index in [1.165, 1.54) is 0 Å². The quantitative estimate of drug-likeness (QED) is 0.726. The minimum absolute atomic E-state index is 0.0281. The van der Waals surface area contributed by atoms with E-state index in [4.69, 9.17) is 4.74 Å². The van der Waals surface area contributed by atoms with Crippen molar-refractivity contribution in [2.45, 2.75) is 53.1 Å². The van der Waals surface area contributed by atoms with E-state index in [0.29, 0.717) is 19.6 Å². The molecule has 0 aromatic rings. The highest BCUT2D eigenvalue weighted by Gasteiger charge is 2.16. The topological polar surface area (TPSA) is 49.8 Å². The lowest BCUT2D eigenvalue weighted by Gasteiger charge is -2.26. The smallest absolute Gasteiger partial charge is 0.219 e. The third-order valence-corrected chi connectivity index (χ3v) is 2.89. The van der Waals surface area contributed by atoms with Crippen LogP contribution in [0, 0.1) is 5.41 Å². The van der Waals surface area contributed by atoms with E-state index >= 15 is 0 Å². The van der Waals surface area contributed by atoms with Crippen LogP contribution in [0.4, 0.5) is 0 Å². The molecule has 0 aliphatic rings. The Morgan fingerprint density at radius 3 is 2.44 bits per heavy atom. The Bertz CT molecular complexity index is 236. The van der Waals surface area contributed by atoms with Crippen molar-refractivity contribution < 1.29 is 14.6 Å². The van der Waals surface area contributed by atoms with E-state index in [9.17, 15) is 9.90 Å². The van der Waals surface area contributed by atoms with Gasteiger partial charge in [0.25, 0.3) is 0 Å². The van der Waals surface area contributed by atoms with Crippen LogP contribution in [0.2, 0.25) is 0 Å². The van der Waals surface area contributed by atoms with Gasteiger partial charge in [0, 0.05) is 33.7 Å². The summed E-state index contributed by atoms with van der Waals surface area (Å²) in [5.41, 5.74) is 0.289. The molecule has 0 aliphatic carbocycles. The number of ether oxygens (including phenoxy) is 1. The van der Waals surface area contributed by atoms with Crippen molar-refractivity contribution in [3.05, 3.63) is 0 Å². The van der Waals surface area contributed by atoms with E-state index in [2.05, 4.69) is 20.8 Å². The summed E-state index contributed by atoms with van der Waals surface area (Å²) in [7, 11) is 1.61. The maximum Gasteiger partial charge on any atom is 0.219 e. The lowest BCUT2D eigenvalue weighted by molar-refractivity contribution is -0.130. The zero-order valence-electron chi connectivity index (χ0n) is 12.5. The Kier molecular flexibility index (Phi) is 8.20. The lowest BCUT2D eigenvalue weighted by atomic mass is 9.90. The molecule has 4 nitrogen and oxygen atoms in total. The van der Waals surface area contributed by atoms with Gasteiger partial charge in [-0.2, -0.15) is 0 Å². The normalized spacial score (nSPS) is 13.4. The van der Waals surface area contributed by atoms with Crippen molar-refractivity contribution in [1.82, 2.24) is 4.90 Å². The molecule has 0 aromatic heterocycles. The fraction of sp³-hybridized carbons (Fsp3) is 0.929. The summed E-state index contributed by atoms with van der Waals surface area (Å²) < 4.78 is 4.92. The van der Waals surface area contributed by atoms with Gasteiger partial charge in [-0.15, -0.1) is 0 Å². The molecule has 0 aromatic carbocycles. The molecule has 0 saturated carbocycles. The Morgan fingerprint density at radius 1 is 1.39 bits per heavy atom. The largest absolute Gasteiger partial charge is 0.391 e. The number of methoxy groups -OCH3 is 1. The predicted molar refractivity (Wildman–Crippen MR) is 73.4 cm³/mol. The Hall–Kier alpha value is -0.610. The van der Waals surface area contributed by atoms with Crippen molar-refractivity contribution in [1.29, 1.82) is 0 Å². The van der Waals surface area contributed by atoms with Gasteiger partial charge in [-0.1, -0.05) is 20.8 Å². The minimum atomic E-state index is -0.497. The molecule has 1 atom stereocenters. The molecule has 0 heterocycles. The molecule has 18 heavy (non-hydrogen) atoms. The molecule has 0 rings (SSSR count). The molecular weight excluding hydrogens is 230 g/mol. The Balaban J connectivity index is 4.03. The summed E-state index contributed by atoms with van der Waals surface area (Å²) in [6.07, 6.45) is 2.12. The lowest BCUT2D eigenvalue weighted by Crippen LogP contribution is -2.37. The molecule has 1 N–H and O–H groups in total. The molecule has 4 heteroatoms. The zero-order valence-corrected chi connectivity index (χ0v) is 12.5. The van der Waals surface area contributed by atoms with Gasteiger partial charge in [0.2, 0.25) is 5.91 Å². The van der Waals surface area contributed by atoms with Crippen LogP contribution in [0.15, 0.2) is 0 Å². The van der Waals surface area contributed by atoms with Gasteiger partial charge in [-0.05, 0) is 24.7 Å². The van der Waals surface area contributed by atoms with Crippen LogP contribution < -0.4 is 0 Å². The molecule has 1 amide bonds. The molecule has 0 spiro atoms. The summed E-state index contributed by atoms with van der Waals surface area (Å²) in [6.45, 7) is 9.78. The van der Waals surface area contributed by atoms with E-state index in [1.807, 2.05) is 0 Å². The first-order valence-electron chi connectivity index (χ1n) is 6.69. The maximum atomic E-state index is 11.5. The van der Waals surface area contributed by atoms with Gasteiger partial charge in [0.15, 0.2) is 0 Å². The van der Waals surface area contributed by atoms with Gasteiger partial charge in [0.1, 0.15) is 0 Å². The number of aliphatic hydroxyl groups is 1. The molecule has 0 fully saturated rings. The number of carbonyl (C=O) groups excluding carboxylic acids is 1. The highest BCUT2D eigenvalue weighted by atomic mass is 16.5. The number of amides is 1. The number of rotatable bonds is 8. The number of nitrogens with zero attached hydrogens (tertiary/aromatic N) is 1. The third kappa shape index (κ3) is 9.42. The SMILES string of the molecule is COCCC(O)CN(CCCC(C)(C)C)C(C)=O. The van der Waals surface area contributed by atoms with Gasteiger partial charge in [-0.25, -0.2) is 0 Å². The molecule has 0 aliphatic heterocycles. The third-order valence-electron chi connectivity index (χ3n) is 2.89. The molecule has 1 unspecified atom stereocenters. The van der Waals surface area contributed by atoms with Crippen molar-refractivity contribution >= 4 is 5.91 Å². The average molecular weight is 259 g/mol. The monoisotopic (exact) mass is 259 g/mol. The first-order valence-corrected chi connectivity index (χ1v) is 6.69. The standard InChI is InChI=1S/C14H29NO3/c1-12(16)15(9-6-8-14(2,3)4)11-13(17)7-10-18-5/h13,17H,6-11H2,1-5H3. The van der Waals surface area contributed by atoms with E-state index < -0.39 is 6.10 Å². The zero-order chi connectivity index (χ0) is 14.2. The molecule has 0 saturated heterocycles. The fourth-order valence-corrected chi connectivity index (χ4v) is 1.78. The van der Waals surface area contributed by atoms with Gasteiger partial charge < -0.3 is 14.7 Å². The van der Waals surface area contributed by atoms with Crippen LogP contribution in [0.1, 0.15) is 47.0 Å². The Labute approximate surface area is 111 Å². The van der Waals surface area contributed by atoms with Crippen molar-refractivity contribution in [3.8, 4) is 0 Å². The molecular formula is C14H29NO3. The Morgan fingerprint density at radius 2 is 2.00 bits per heavy atom. The highest BCUT2D eigenvalue weighted by molar-refractivity contribution is 5.73. The second-order valence-corrected chi connectivity index (χ2v) is 6.06. The molecule has 0 radical (unpaired) electrons. The van der Waals surface area contributed by atoms with Gasteiger partial charge in [-0.3, -0.25) is 4.79 Å². The van der Waals surface area contributed by atoms with Crippen molar-refractivity contribution in [2.75, 3.05) is 26.8 Å². The number of carbonyl (C=O) groups is 1. The van der Waals surface area contributed by atoms with Gasteiger partial charge >= 0.3 is 0 Å². The minimum Gasteiger partial charge on any atom is -0.391 e. The second kappa shape index (κ2) is 8.48. The number of hydrogen-bond acceptors (Lipinski definition) is 3. The van der Waals surface area contributed by atoms with E-state index in [1.54, 1.807) is 18.9 Å². The van der Waals surface area contributed by atoms with Crippen molar-refractivity contribution in [3.63, 3.8) is 0 Å². The summed E-state index contributed by atoms with van der Waals surface area (Å²) in [6, 6.07) is 0. The first kappa shape index (κ1) is 17.4. The highest BCUT2D eigenvalue weighted by Crippen LogP contribution is 2.20. The summed E-state index contributed by atoms with van der Waals surface area (Å²) in [4.78, 5) is 13.2. The summed E-state index contributed by atoms with van der Waals surface area (Å²) in [5, 5.41) is 9.78. The van der Waals surface area contributed by atoms with Crippen LogP contribution in [0.25, 0.3) is 0 Å². The van der Waals surface area contributed by atoms with Crippen molar-refractivity contribution in [2.24, 2.45) is 5.41 Å². The maximum absolute atomic E-state index is 11.5. The van der Waals surface area contributed by atoms with Gasteiger partial charge in [0.05, 0.1) is 6.10 Å². The van der Waals surface area contributed by atoms with E-state index in [-0.39, 0.29) is 11.3 Å². The first-order chi connectivity index (χ1) is 8.26. The summed E-state index contributed by atoms with van der Waals surface area (Å²) in [5.74, 6) is 0.0281. The van der Waals surface area contributed by atoms with Crippen LogP contribution in [-0.4, -0.2) is 48.8 Å². The molecule has 0 bridgehead atoms. The summed E-state index contributed by atoms with van der Waals surface area (Å²) >= 11 is 0. The van der Waals surface area contributed by atoms with Crippen LogP contribution in [0.3, 0.4) is 0 Å². The predicted octanol–water partition coefficient (Wildman–Crippen LogP) is 2.06. The number of aliphatic hydroxyl groups excluding tert-OH is 1. The van der Waals surface area contributed by atoms with Crippen LogP contribution in [-0.2, 0) is 9.53 Å². The van der Waals surface area contributed by atoms with Crippen LogP contribution in [0.5, 0.6) is 0 Å². The van der Waals surface area contributed by atoms with Crippen LogP contribution >= 0.6 is 0 Å². The number of hydrogen-bond donors (Lipinski definition) is 1.